The largest absolute Gasteiger partial charge is 0.324 e. The predicted molar refractivity (Wildman–Crippen MR) is 87.9 cm³/mol. The lowest BCUT2D eigenvalue weighted by atomic mass is 9.88. The van der Waals surface area contributed by atoms with Crippen LogP contribution in [0.15, 0.2) is 46.9 Å². The Morgan fingerprint density at radius 3 is 2.35 bits per heavy atom. The van der Waals surface area contributed by atoms with Crippen LogP contribution in [-0.4, -0.2) is 0 Å². The summed E-state index contributed by atoms with van der Waals surface area (Å²) in [6, 6.07) is 15.1. The predicted octanol–water partition coefficient (Wildman–Crippen LogP) is 4.57. The van der Waals surface area contributed by atoms with E-state index < -0.39 is 0 Å². The van der Waals surface area contributed by atoms with Gasteiger partial charge in [0.1, 0.15) is 0 Å². The topological polar surface area (TPSA) is 26.0 Å². The summed E-state index contributed by atoms with van der Waals surface area (Å²) in [4.78, 5) is 0. The molecule has 1 aliphatic rings. The molecule has 2 N–H and O–H groups in total. The Morgan fingerprint density at radius 2 is 1.65 bits per heavy atom. The number of aryl methyl sites for hydroxylation is 2. The summed E-state index contributed by atoms with van der Waals surface area (Å²) in [6.45, 7) is 0. The molecule has 0 aromatic heterocycles. The van der Waals surface area contributed by atoms with Crippen LogP contribution in [0.5, 0.6) is 0 Å². The smallest absolute Gasteiger partial charge is 0.0347 e. The number of halogens is 1. The zero-order valence-electron chi connectivity index (χ0n) is 11.6. The van der Waals surface area contributed by atoms with Crippen molar-refractivity contribution in [3.8, 4) is 0 Å². The van der Waals surface area contributed by atoms with Gasteiger partial charge in [-0.2, -0.15) is 0 Å². The Morgan fingerprint density at radius 1 is 1.00 bits per heavy atom. The molecule has 1 atom stereocenters. The molecule has 104 valence electrons. The van der Waals surface area contributed by atoms with E-state index in [1.165, 1.54) is 52.4 Å². The first-order valence-corrected chi connectivity index (χ1v) is 8.14. The van der Waals surface area contributed by atoms with E-state index in [0.29, 0.717) is 0 Å². The third-order valence-corrected chi connectivity index (χ3v) is 4.85. The van der Waals surface area contributed by atoms with Crippen molar-refractivity contribution in [2.45, 2.75) is 38.1 Å². The van der Waals surface area contributed by atoms with Crippen LogP contribution in [0.25, 0.3) is 0 Å². The van der Waals surface area contributed by atoms with Gasteiger partial charge in [-0.1, -0.05) is 52.3 Å². The van der Waals surface area contributed by atoms with Gasteiger partial charge in [-0.05, 0) is 60.4 Å². The maximum absolute atomic E-state index is 6.43. The molecule has 1 aliphatic carbocycles. The third kappa shape index (κ3) is 2.97. The Hall–Kier alpha value is -1.12. The fraction of sp³-hybridized carbons (Fsp3) is 0.333. The van der Waals surface area contributed by atoms with Gasteiger partial charge in [0.25, 0.3) is 0 Å². The van der Waals surface area contributed by atoms with Crippen molar-refractivity contribution in [3.05, 3.63) is 69.2 Å². The van der Waals surface area contributed by atoms with E-state index in [9.17, 15) is 0 Å². The van der Waals surface area contributed by atoms with Crippen molar-refractivity contribution in [2.75, 3.05) is 0 Å². The van der Waals surface area contributed by atoms with Crippen molar-refractivity contribution >= 4 is 15.9 Å². The molecular formula is C18H20BrN. The van der Waals surface area contributed by atoms with E-state index in [-0.39, 0.29) is 6.04 Å². The minimum atomic E-state index is 0.0546. The number of fused-ring (bicyclic) bond motifs is 1. The second-order valence-electron chi connectivity index (χ2n) is 5.65. The first kappa shape index (κ1) is 13.8. The van der Waals surface area contributed by atoms with Crippen LogP contribution in [0.1, 0.15) is 41.1 Å². The Balaban J connectivity index is 1.86. The maximum Gasteiger partial charge on any atom is 0.0347 e. The lowest BCUT2D eigenvalue weighted by Gasteiger charge is -2.21. The van der Waals surface area contributed by atoms with E-state index >= 15 is 0 Å². The summed E-state index contributed by atoms with van der Waals surface area (Å²) in [5, 5.41) is 0. The minimum Gasteiger partial charge on any atom is -0.324 e. The third-order valence-electron chi connectivity index (χ3n) is 4.16. The molecule has 0 amide bonds. The molecule has 3 rings (SSSR count). The maximum atomic E-state index is 6.43. The summed E-state index contributed by atoms with van der Waals surface area (Å²) in [7, 11) is 0. The molecule has 0 saturated carbocycles. The second-order valence-corrected chi connectivity index (χ2v) is 6.50. The molecule has 2 aromatic carbocycles. The summed E-state index contributed by atoms with van der Waals surface area (Å²) >= 11 is 3.71. The molecular weight excluding hydrogens is 310 g/mol. The quantitative estimate of drug-likeness (QED) is 0.876. The molecule has 1 nitrogen and oxygen atoms in total. The number of nitrogens with two attached hydrogens (primary N) is 1. The highest BCUT2D eigenvalue weighted by Gasteiger charge is 2.16. The van der Waals surface area contributed by atoms with Crippen molar-refractivity contribution < 1.29 is 0 Å². The highest BCUT2D eigenvalue weighted by Crippen LogP contribution is 2.31. The molecule has 0 aliphatic heterocycles. The van der Waals surface area contributed by atoms with Crippen LogP contribution in [0, 0.1) is 0 Å². The van der Waals surface area contributed by atoms with Crippen molar-refractivity contribution in [1.29, 1.82) is 0 Å². The molecule has 2 heteroatoms. The average molecular weight is 330 g/mol. The van der Waals surface area contributed by atoms with Gasteiger partial charge in [0.05, 0.1) is 0 Å². The SMILES string of the molecule is NC(Cc1ccccc1)c1cc2c(cc1Br)CCCC2. The van der Waals surface area contributed by atoms with Gasteiger partial charge >= 0.3 is 0 Å². The molecule has 0 fully saturated rings. The highest BCUT2D eigenvalue weighted by molar-refractivity contribution is 9.10. The molecule has 0 radical (unpaired) electrons. The van der Waals surface area contributed by atoms with Crippen LogP contribution < -0.4 is 5.73 Å². The normalized spacial score (nSPS) is 15.7. The molecule has 0 spiro atoms. The number of hydrogen-bond acceptors (Lipinski definition) is 1. The van der Waals surface area contributed by atoms with Gasteiger partial charge in [0, 0.05) is 10.5 Å². The fourth-order valence-electron chi connectivity index (χ4n) is 3.04. The second kappa shape index (κ2) is 6.11. The van der Waals surface area contributed by atoms with E-state index in [2.05, 4.69) is 52.3 Å². The highest BCUT2D eigenvalue weighted by atomic mass is 79.9. The monoisotopic (exact) mass is 329 g/mol. The van der Waals surface area contributed by atoms with Gasteiger partial charge in [0.2, 0.25) is 0 Å². The lowest BCUT2D eigenvalue weighted by molar-refractivity contribution is 0.673. The number of benzene rings is 2. The van der Waals surface area contributed by atoms with Crippen molar-refractivity contribution in [2.24, 2.45) is 5.73 Å². The van der Waals surface area contributed by atoms with Gasteiger partial charge < -0.3 is 5.73 Å². The number of hydrogen-bond donors (Lipinski definition) is 1. The molecule has 20 heavy (non-hydrogen) atoms. The van der Waals surface area contributed by atoms with Gasteiger partial charge in [0.15, 0.2) is 0 Å². The summed E-state index contributed by atoms with van der Waals surface area (Å²) in [6.07, 6.45) is 5.92. The van der Waals surface area contributed by atoms with Crippen LogP contribution >= 0.6 is 15.9 Å². The van der Waals surface area contributed by atoms with Crippen LogP contribution in [0.2, 0.25) is 0 Å². The van der Waals surface area contributed by atoms with Gasteiger partial charge in [-0.15, -0.1) is 0 Å². The Bertz CT molecular complexity index is 592. The van der Waals surface area contributed by atoms with E-state index in [1.54, 1.807) is 0 Å². The molecule has 0 saturated heterocycles. The van der Waals surface area contributed by atoms with Crippen molar-refractivity contribution in [1.82, 2.24) is 0 Å². The first-order chi connectivity index (χ1) is 9.74. The van der Waals surface area contributed by atoms with E-state index in [1.807, 2.05) is 6.07 Å². The molecule has 1 unspecified atom stereocenters. The zero-order valence-corrected chi connectivity index (χ0v) is 13.2. The van der Waals surface area contributed by atoms with Gasteiger partial charge in [-0.3, -0.25) is 0 Å². The van der Waals surface area contributed by atoms with Gasteiger partial charge in [-0.25, -0.2) is 0 Å². The lowest BCUT2D eigenvalue weighted by Crippen LogP contribution is -2.15. The van der Waals surface area contributed by atoms with E-state index in [4.69, 9.17) is 5.73 Å². The van der Waals surface area contributed by atoms with Crippen LogP contribution in [0.4, 0.5) is 0 Å². The molecule has 0 bridgehead atoms. The fourth-order valence-corrected chi connectivity index (χ4v) is 3.72. The molecule has 2 aromatic rings. The van der Waals surface area contributed by atoms with E-state index in [0.717, 1.165) is 6.42 Å². The Kier molecular flexibility index (Phi) is 4.23. The minimum absolute atomic E-state index is 0.0546. The van der Waals surface area contributed by atoms with Crippen LogP contribution in [-0.2, 0) is 19.3 Å². The average Bonchev–Trinajstić information content (AvgIpc) is 2.47. The number of rotatable bonds is 3. The summed E-state index contributed by atoms with van der Waals surface area (Å²) < 4.78 is 1.17. The summed E-state index contributed by atoms with van der Waals surface area (Å²) in [5.74, 6) is 0. The first-order valence-electron chi connectivity index (χ1n) is 7.35. The zero-order chi connectivity index (χ0) is 13.9. The Labute approximate surface area is 129 Å². The standard InChI is InChI=1S/C18H20BrN/c19-17-12-15-9-5-4-8-14(15)11-16(17)18(20)10-13-6-2-1-3-7-13/h1-3,6-7,11-12,18H,4-5,8-10,20H2. The molecule has 0 heterocycles. The van der Waals surface area contributed by atoms with Crippen molar-refractivity contribution in [3.63, 3.8) is 0 Å². The van der Waals surface area contributed by atoms with Crippen LogP contribution in [0.3, 0.4) is 0 Å². The summed E-state index contributed by atoms with van der Waals surface area (Å²) in [5.41, 5.74) is 12.0.